The van der Waals surface area contributed by atoms with E-state index >= 15 is 0 Å². The Kier molecular flexibility index (Phi) is 13.3. The number of ether oxygens (including phenoxy) is 3. The zero-order valence-corrected chi connectivity index (χ0v) is 21.6. The molecule has 214 valence electrons. The Morgan fingerprint density at radius 2 is 1.71 bits per heavy atom. The molecule has 1 aliphatic rings. The van der Waals surface area contributed by atoms with Crippen molar-refractivity contribution in [1.29, 1.82) is 0 Å². The van der Waals surface area contributed by atoms with Crippen LogP contribution in [0.5, 0.6) is 5.75 Å². The first-order valence-corrected chi connectivity index (χ1v) is 12.8. The molecule has 2 unspecified atom stereocenters. The Bertz CT molecular complexity index is 878. The third-order valence-corrected chi connectivity index (χ3v) is 6.85. The van der Waals surface area contributed by atoms with Crippen molar-refractivity contribution in [2.75, 3.05) is 33.1 Å². The standard InChI is InChI=1S/C28H38F4O6/c1-19(15-33)26(34)37-17-24(18-38-27(35)20(2)28(30,31)32)23-10-6-22(7-11-23)16-36-25-12-8-21(9-13-25)5-3-4-14-29/h8-9,12-13,22-24,26,33-34H,1-7,10-11,14-18H2. The third-order valence-electron chi connectivity index (χ3n) is 6.85. The number of carbonyl (C=O) groups excluding carboxylic acids is 1. The van der Waals surface area contributed by atoms with Crippen molar-refractivity contribution >= 4 is 5.97 Å². The second-order valence-electron chi connectivity index (χ2n) is 9.72. The van der Waals surface area contributed by atoms with Gasteiger partial charge in [-0.05, 0) is 74.5 Å². The lowest BCUT2D eigenvalue weighted by molar-refractivity contribution is -0.155. The van der Waals surface area contributed by atoms with Crippen molar-refractivity contribution in [3.8, 4) is 5.75 Å². The molecule has 0 heterocycles. The van der Waals surface area contributed by atoms with Gasteiger partial charge in [0.05, 0.1) is 33.1 Å². The van der Waals surface area contributed by atoms with Crippen LogP contribution in [0.1, 0.15) is 44.1 Å². The highest BCUT2D eigenvalue weighted by atomic mass is 19.4. The van der Waals surface area contributed by atoms with Gasteiger partial charge in [-0.15, -0.1) is 0 Å². The molecule has 1 aromatic carbocycles. The maximum Gasteiger partial charge on any atom is 0.422 e. The van der Waals surface area contributed by atoms with Crippen LogP contribution >= 0.6 is 0 Å². The number of aryl methyl sites for hydroxylation is 1. The van der Waals surface area contributed by atoms with E-state index in [1.54, 1.807) is 0 Å². The number of hydrogen-bond acceptors (Lipinski definition) is 6. The number of esters is 1. The van der Waals surface area contributed by atoms with Gasteiger partial charge >= 0.3 is 12.1 Å². The van der Waals surface area contributed by atoms with Crippen LogP contribution < -0.4 is 4.74 Å². The number of halogens is 4. The zero-order valence-electron chi connectivity index (χ0n) is 21.6. The van der Waals surface area contributed by atoms with Crippen LogP contribution in [0.25, 0.3) is 0 Å². The number of hydrogen-bond donors (Lipinski definition) is 2. The van der Waals surface area contributed by atoms with Gasteiger partial charge in [0.25, 0.3) is 0 Å². The summed E-state index contributed by atoms with van der Waals surface area (Å²) in [6.45, 7) is 5.57. The lowest BCUT2D eigenvalue weighted by atomic mass is 9.76. The molecule has 1 aliphatic carbocycles. The smallest absolute Gasteiger partial charge is 0.422 e. The van der Waals surface area contributed by atoms with E-state index in [1.165, 1.54) is 0 Å². The van der Waals surface area contributed by atoms with E-state index in [1.807, 2.05) is 24.3 Å². The van der Waals surface area contributed by atoms with Crippen LogP contribution in [-0.4, -0.2) is 61.8 Å². The zero-order chi connectivity index (χ0) is 28.1. The molecule has 10 heteroatoms. The Labute approximate surface area is 221 Å². The number of alkyl halides is 4. The van der Waals surface area contributed by atoms with E-state index in [-0.39, 0.29) is 37.3 Å². The predicted molar refractivity (Wildman–Crippen MR) is 134 cm³/mol. The summed E-state index contributed by atoms with van der Waals surface area (Å²) < 4.78 is 66.7. The Balaban J connectivity index is 1.87. The number of unbranched alkanes of at least 4 members (excludes halogenated alkanes) is 1. The summed E-state index contributed by atoms with van der Waals surface area (Å²) >= 11 is 0. The van der Waals surface area contributed by atoms with Crippen molar-refractivity contribution in [1.82, 2.24) is 0 Å². The van der Waals surface area contributed by atoms with E-state index in [2.05, 4.69) is 13.2 Å². The first kappa shape index (κ1) is 31.8. The minimum absolute atomic E-state index is 0.0172. The number of benzene rings is 1. The molecule has 0 radical (unpaired) electrons. The van der Waals surface area contributed by atoms with E-state index < -0.39 is 36.5 Å². The molecule has 0 aromatic heterocycles. The summed E-state index contributed by atoms with van der Waals surface area (Å²) in [5, 5.41) is 19.0. The number of carbonyl (C=O) groups is 1. The Hall–Kier alpha value is -2.43. The Morgan fingerprint density at radius 1 is 1.05 bits per heavy atom. The van der Waals surface area contributed by atoms with Gasteiger partial charge in [-0.3, -0.25) is 4.39 Å². The van der Waals surface area contributed by atoms with Crippen molar-refractivity contribution in [3.05, 3.63) is 54.1 Å². The van der Waals surface area contributed by atoms with Gasteiger partial charge in [0.1, 0.15) is 11.3 Å². The second kappa shape index (κ2) is 15.9. The monoisotopic (exact) mass is 546 g/mol. The molecule has 38 heavy (non-hydrogen) atoms. The summed E-state index contributed by atoms with van der Waals surface area (Å²) in [5.74, 6) is -0.991. The molecular formula is C28H38F4O6. The average Bonchev–Trinajstić information content (AvgIpc) is 2.91. The van der Waals surface area contributed by atoms with Crippen LogP contribution in [-0.2, 0) is 20.7 Å². The maximum absolute atomic E-state index is 12.8. The normalized spacial score (nSPS) is 19.4. The van der Waals surface area contributed by atoms with Crippen LogP contribution in [0.3, 0.4) is 0 Å². The fourth-order valence-electron chi connectivity index (χ4n) is 4.33. The first-order chi connectivity index (χ1) is 18.0. The van der Waals surface area contributed by atoms with Crippen LogP contribution in [0, 0.1) is 17.8 Å². The first-order valence-electron chi connectivity index (χ1n) is 12.8. The average molecular weight is 547 g/mol. The van der Waals surface area contributed by atoms with E-state index in [4.69, 9.17) is 19.3 Å². The number of rotatable bonds is 16. The fraction of sp³-hybridized carbons (Fsp3) is 0.607. The van der Waals surface area contributed by atoms with Crippen LogP contribution in [0.15, 0.2) is 48.6 Å². The number of aliphatic hydroxyl groups excluding tert-OH is 2. The maximum atomic E-state index is 12.8. The van der Waals surface area contributed by atoms with Crippen molar-refractivity contribution in [2.24, 2.45) is 17.8 Å². The van der Waals surface area contributed by atoms with Gasteiger partial charge in [0.2, 0.25) is 0 Å². The van der Waals surface area contributed by atoms with E-state index in [0.29, 0.717) is 25.9 Å². The van der Waals surface area contributed by atoms with Crippen molar-refractivity contribution < 1.29 is 46.8 Å². The molecule has 2 N–H and O–H groups in total. The summed E-state index contributed by atoms with van der Waals surface area (Å²) in [6, 6.07) is 7.75. The molecule has 0 saturated heterocycles. The molecule has 1 saturated carbocycles. The van der Waals surface area contributed by atoms with E-state index in [9.17, 15) is 27.5 Å². The fourth-order valence-corrected chi connectivity index (χ4v) is 4.33. The van der Waals surface area contributed by atoms with Gasteiger partial charge in [-0.2, -0.15) is 13.2 Å². The minimum Gasteiger partial charge on any atom is -0.493 e. The van der Waals surface area contributed by atoms with Gasteiger partial charge < -0.3 is 24.4 Å². The van der Waals surface area contributed by atoms with Crippen molar-refractivity contribution in [3.63, 3.8) is 0 Å². The van der Waals surface area contributed by atoms with Crippen LogP contribution in [0.4, 0.5) is 17.6 Å². The predicted octanol–water partition coefficient (Wildman–Crippen LogP) is 5.33. The van der Waals surface area contributed by atoms with E-state index in [0.717, 1.165) is 37.0 Å². The molecule has 0 spiro atoms. The quantitative estimate of drug-likeness (QED) is 0.0729. The third kappa shape index (κ3) is 10.7. The molecule has 0 bridgehead atoms. The summed E-state index contributed by atoms with van der Waals surface area (Å²) in [5.41, 5.74) is -0.411. The van der Waals surface area contributed by atoms with Crippen LogP contribution in [0.2, 0.25) is 0 Å². The van der Waals surface area contributed by atoms with Gasteiger partial charge in [-0.25, -0.2) is 4.79 Å². The van der Waals surface area contributed by atoms with Gasteiger partial charge in [0, 0.05) is 11.5 Å². The lowest BCUT2D eigenvalue weighted by Crippen LogP contribution is -2.33. The summed E-state index contributed by atoms with van der Waals surface area (Å²) in [6.07, 6.45) is -1.11. The number of aliphatic hydroxyl groups is 2. The Morgan fingerprint density at radius 3 is 2.29 bits per heavy atom. The second-order valence-corrected chi connectivity index (χ2v) is 9.72. The molecule has 2 rings (SSSR count). The largest absolute Gasteiger partial charge is 0.493 e. The SMILES string of the molecule is C=C(CO)C(O)OCC(COC(=O)C(=C)C(F)(F)F)C1CCC(COc2ccc(CCCCF)cc2)CC1. The van der Waals surface area contributed by atoms with Crippen molar-refractivity contribution in [2.45, 2.75) is 57.4 Å². The molecular weight excluding hydrogens is 508 g/mol. The molecule has 0 aliphatic heterocycles. The molecule has 2 atom stereocenters. The molecule has 0 amide bonds. The van der Waals surface area contributed by atoms with Gasteiger partial charge in [0.15, 0.2) is 6.29 Å². The highest BCUT2D eigenvalue weighted by molar-refractivity contribution is 5.89. The molecule has 6 nitrogen and oxygen atoms in total. The lowest BCUT2D eigenvalue weighted by Gasteiger charge is -2.34. The van der Waals surface area contributed by atoms with Gasteiger partial charge in [-0.1, -0.05) is 25.3 Å². The highest BCUT2D eigenvalue weighted by Crippen LogP contribution is 2.35. The minimum atomic E-state index is -4.88. The summed E-state index contributed by atoms with van der Waals surface area (Å²) in [7, 11) is 0. The molecule has 1 aromatic rings. The highest BCUT2D eigenvalue weighted by Gasteiger charge is 2.38. The summed E-state index contributed by atoms with van der Waals surface area (Å²) in [4.78, 5) is 11.8. The molecule has 1 fully saturated rings. The topological polar surface area (TPSA) is 85.2 Å².